The van der Waals surface area contributed by atoms with E-state index in [2.05, 4.69) is 44.5 Å². The van der Waals surface area contributed by atoms with Crippen molar-refractivity contribution in [1.29, 1.82) is 0 Å². The van der Waals surface area contributed by atoms with Gasteiger partial charge in [0, 0.05) is 39.3 Å². The number of nitrogens with zero attached hydrogens (tertiary/aromatic N) is 4. The summed E-state index contributed by atoms with van der Waals surface area (Å²) in [5.74, 6) is 1.09. The fourth-order valence-corrected chi connectivity index (χ4v) is 3.70. The summed E-state index contributed by atoms with van der Waals surface area (Å²) >= 11 is 1.83. The Hall–Kier alpha value is -1.27. The van der Waals surface area contributed by atoms with Crippen LogP contribution < -0.4 is 10.2 Å². The fraction of sp³-hybridized carbons (Fsp3) is 0.688. The third kappa shape index (κ3) is 3.93. The molecule has 2 fully saturated rings. The van der Waals surface area contributed by atoms with Gasteiger partial charge < -0.3 is 20.0 Å². The molecule has 0 bridgehead atoms. The lowest BCUT2D eigenvalue weighted by atomic mass is 10.2. The van der Waals surface area contributed by atoms with Crippen molar-refractivity contribution in [1.82, 2.24) is 15.1 Å². The van der Waals surface area contributed by atoms with Gasteiger partial charge in [0.05, 0.1) is 11.5 Å². The Morgan fingerprint density at radius 3 is 2.64 bits per heavy atom. The second-order valence-electron chi connectivity index (χ2n) is 5.86. The summed E-state index contributed by atoms with van der Waals surface area (Å²) in [7, 11) is 0. The molecule has 1 aromatic rings. The zero-order valence-electron chi connectivity index (χ0n) is 13.5. The molecule has 0 amide bonds. The summed E-state index contributed by atoms with van der Waals surface area (Å²) in [6.45, 7) is 11.9. The monoisotopic (exact) mass is 321 g/mol. The van der Waals surface area contributed by atoms with Crippen molar-refractivity contribution in [2.45, 2.75) is 13.3 Å². The normalized spacial score (nSPS) is 20.1. The van der Waals surface area contributed by atoms with Crippen LogP contribution in [0.15, 0.2) is 22.5 Å². The Bertz CT molecular complexity index is 461. The molecule has 0 unspecified atom stereocenters. The topological polar surface area (TPSA) is 34.1 Å². The molecule has 5 nitrogen and oxygen atoms in total. The van der Waals surface area contributed by atoms with Crippen LogP contribution in [-0.2, 0) is 0 Å². The van der Waals surface area contributed by atoms with Crippen molar-refractivity contribution >= 4 is 22.3 Å². The predicted octanol–water partition coefficient (Wildman–Crippen LogP) is 1.54. The quantitative estimate of drug-likeness (QED) is 0.659. The van der Waals surface area contributed by atoms with Gasteiger partial charge in [-0.2, -0.15) is 0 Å². The Morgan fingerprint density at radius 1 is 1.23 bits per heavy atom. The summed E-state index contributed by atoms with van der Waals surface area (Å²) in [4.78, 5) is 12.2. The number of hydrogen-bond donors (Lipinski definition) is 1. The summed E-state index contributed by atoms with van der Waals surface area (Å²) in [5.41, 5.74) is 0. The van der Waals surface area contributed by atoms with E-state index in [1.54, 1.807) is 0 Å². The average molecular weight is 321 g/mol. The van der Waals surface area contributed by atoms with Crippen molar-refractivity contribution in [3.63, 3.8) is 0 Å². The molecule has 2 saturated heterocycles. The van der Waals surface area contributed by atoms with Crippen LogP contribution in [0.5, 0.6) is 0 Å². The lowest BCUT2D eigenvalue weighted by Gasteiger charge is -2.37. The largest absolute Gasteiger partial charge is 0.360 e. The molecule has 0 aromatic carbocycles. The number of likely N-dealkylation sites (tertiary alicyclic amines) is 1. The highest BCUT2D eigenvalue weighted by molar-refractivity contribution is 7.14. The fourth-order valence-electron chi connectivity index (χ4n) is 2.92. The molecule has 1 N–H and O–H groups in total. The predicted molar refractivity (Wildman–Crippen MR) is 95.1 cm³/mol. The Labute approximate surface area is 137 Å². The minimum absolute atomic E-state index is 0.910. The third-order valence-electron chi connectivity index (χ3n) is 4.36. The Morgan fingerprint density at radius 2 is 2.05 bits per heavy atom. The Balaban J connectivity index is 1.50. The van der Waals surface area contributed by atoms with Crippen molar-refractivity contribution in [3.05, 3.63) is 17.5 Å². The van der Waals surface area contributed by atoms with Gasteiger partial charge in [-0.05, 0) is 43.9 Å². The highest BCUT2D eigenvalue weighted by atomic mass is 32.1. The molecule has 0 atom stereocenters. The van der Waals surface area contributed by atoms with E-state index >= 15 is 0 Å². The van der Waals surface area contributed by atoms with Gasteiger partial charge in [-0.3, -0.25) is 4.99 Å². The zero-order valence-corrected chi connectivity index (χ0v) is 14.3. The SMILES string of the molecule is CCNC(=NCCN1CCC1)N1CCN(c2cccs2)CC1. The molecule has 22 heavy (non-hydrogen) atoms. The van der Waals surface area contributed by atoms with Gasteiger partial charge in [0.1, 0.15) is 0 Å². The van der Waals surface area contributed by atoms with Crippen LogP contribution in [0.25, 0.3) is 0 Å². The van der Waals surface area contributed by atoms with Crippen molar-refractivity contribution < 1.29 is 0 Å². The van der Waals surface area contributed by atoms with Crippen LogP contribution in [0.2, 0.25) is 0 Å². The smallest absolute Gasteiger partial charge is 0.194 e. The number of aliphatic imine (C=N–C) groups is 1. The molecule has 122 valence electrons. The molecule has 3 heterocycles. The first-order valence-electron chi connectivity index (χ1n) is 8.41. The van der Waals surface area contributed by atoms with E-state index in [1.807, 2.05) is 11.3 Å². The van der Waals surface area contributed by atoms with Crippen LogP contribution in [0, 0.1) is 0 Å². The van der Waals surface area contributed by atoms with Gasteiger partial charge in [0.2, 0.25) is 0 Å². The van der Waals surface area contributed by atoms with E-state index < -0.39 is 0 Å². The maximum atomic E-state index is 4.82. The standard InChI is InChI=1S/C16H27N5S/c1-2-17-16(18-6-9-19-7-4-8-19)21-12-10-20(11-13-21)15-5-3-14-22-15/h3,5,14H,2,4,6-13H2,1H3,(H,17,18). The first-order valence-corrected chi connectivity index (χ1v) is 9.29. The van der Waals surface area contributed by atoms with Gasteiger partial charge >= 0.3 is 0 Å². The van der Waals surface area contributed by atoms with Crippen LogP contribution in [0.3, 0.4) is 0 Å². The van der Waals surface area contributed by atoms with E-state index in [-0.39, 0.29) is 0 Å². The molecule has 6 heteroatoms. The number of rotatable bonds is 5. The molecule has 0 saturated carbocycles. The number of guanidine groups is 1. The number of piperazine rings is 1. The summed E-state index contributed by atoms with van der Waals surface area (Å²) in [6.07, 6.45) is 1.36. The lowest BCUT2D eigenvalue weighted by Crippen LogP contribution is -2.52. The minimum atomic E-state index is 0.910. The molecule has 0 spiro atoms. The highest BCUT2D eigenvalue weighted by Gasteiger charge is 2.20. The maximum absolute atomic E-state index is 4.82. The molecule has 3 rings (SSSR count). The minimum Gasteiger partial charge on any atom is -0.360 e. The second-order valence-corrected chi connectivity index (χ2v) is 6.78. The summed E-state index contributed by atoms with van der Waals surface area (Å²) in [5, 5.41) is 7.00. The molecular weight excluding hydrogens is 294 g/mol. The summed E-state index contributed by atoms with van der Waals surface area (Å²) in [6, 6.07) is 4.35. The van der Waals surface area contributed by atoms with Gasteiger partial charge in [-0.15, -0.1) is 11.3 Å². The van der Waals surface area contributed by atoms with Crippen molar-refractivity contribution in [2.75, 3.05) is 63.8 Å². The van der Waals surface area contributed by atoms with Crippen LogP contribution in [0.1, 0.15) is 13.3 Å². The molecule has 2 aliphatic heterocycles. The number of nitrogens with one attached hydrogen (secondary N) is 1. The highest BCUT2D eigenvalue weighted by Crippen LogP contribution is 2.22. The number of thiophene rings is 1. The van der Waals surface area contributed by atoms with Crippen LogP contribution >= 0.6 is 11.3 Å². The van der Waals surface area contributed by atoms with E-state index in [4.69, 9.17) is 4.99 Å². The van der Waals surface area contributed by atoms with E-state index in [0.29, 0.717) is 0 Å². The third-order valence-corrected chi connectivity index (χ3v) is 5.29. The van der Waals surface area contributed by atoms with E-state index in [1.165, 1.54) is 24.5 Å². The van der Waals surface area contributed by atoms with Crippen LogP contribution in [-0.4, -0.2) is 74.7 Å². The molecular formula is C16H27N5S. The number of hydrogen-bond acceptors (Lipinski definition) is 4. The second kappa shape index (κ2) is 7.83. The first kappa shape index (κ1) is 15.6. The lowest BCUT2D eigenvalue weighted by molar-refractivity contribution is 0.187. The zero-order chi connectivity index (χ0) is 15.2. The molecule has 2 aliphatic rings. The molecule has 0 aliphatic carbocycles. The van der Waals surface area contributed by atoms with Gasteiger partial charge in [-0.25, -0.2) is 0 Å². The van der Waals surface area contributed by atoms with E-state index in [9.17, 15) is 0 Å². The Kier molecular flexibility index (Phi) is 5.56. The molecule has 0 radical (unpaired) electrons. The number of anilines is 1. The summed E-state index contributed by atoms with van der Waals surface area (Å²) < 4.78 is 0. The van der Waals surface area contributed by atoms with Gasteiger partial charge in [0.15, 0.2) is 5.96 Å². The van der Waals surface area contributed by atoms with Gasteiger partial charge in [-0.1, -0.05) is 0 Å². The van der Waals surface area contributed by atoms with Crippen molar-refractivity contribution in [2.24, 2.45) is 4.99 Å². The maximum Gasteiger partial charge on any atom is 0.194 e. The first-order chi connectivity index (χ1) is 10.9. The molecule has 1 aromatic heterocycles. The van der Waals surface area contributed by atoms with Crippen LogP contribution in [0.4, 0.5) is 5.00 Å². The van der Waals surface area contributed by atoms with Gasteiger partial charge in [0.25, 0.3) is 0 Å². The average Bonchev–Trinajstić information content (AvgIpc) is 3.03. The van der Waals surface area contributed by atoms with E-state index in [0.717, 1.165) is 51.8 Å². The van der Waals surface area contributed by atoms with Crippen molar-refractivity contribution in [3.8, 4) is 0 Å².